The summed E-state index contributed by atoms with van der Waals surface area (Å²) in [6.45, 7) is 1.57. The smallest absolute Gasteiger partial charge is 0.322 e. The zero-order valence-corrected chi connectivity index (χ0v) is 12.7. The quantitative estimate of drug-likeness (QED) is 0.862. The molecule has 1 aliphatic heterocycles. The molecule has 0 bridgehead atoms. The standard InChI is InChI=1S/C14H23N5O2/c1-15-11-16-12(18-13(17-11)21-2)19-8-7-14(20)6-4-3-5-10(14)9-19/h10,20H,3-9H2,1-2H3,(H,15,16,17,18). The van der Waals surface area contributed by atoms with Crippen molar-refractivity contribution < 1.29 is 9.84 Å². The van der Waals surface area contributed by atoms with Crippen LogP contribution in [-0.2, 0) is 0 Å². The van der Waals surface area contributed by atoms with Gasteiger partial charge in [0, 0.05) is 26.1 Å². The Morgan fingerprint density at radius 1 is 1.29 bits per heavy atom. The van der Waals surface area contributed by atoms with E-state index in [2.05, 4.69) is 25.2 Å². The number of anilines is 2. The third-order valence-electron chi connectivity index (χ3n) is 4.72. The molecule has 0 amide bonds. The second-order valence-electron chi connectivity index (χ2n) is 5.94. The summed E-state index contributed by atoms with van der Waals surface area (Å²) in [6, 6.07) is 0.314. The Morgan fingerprint density at radius 2 is 2.14 bits per heavy atom. The minimum atomic E-state index is -0.488. The van der Waals surface area contributed by atoms with E-state index in [1.807, 2.05) is 0 Å². The van der Waals surface area contributed by atoms with Gasteiger partial charge in [-0.25, -0.2) is 0 Å². The van der Waals surface area contributed by atoms with Crippen LogP contribution >= 0.6 is 0 Å². The number of nitrogens with one attached hydrogen (secondary N) is 1. The summed E-state index contributed by atoms with van der Waals surface area (Å²) in [4.78, 5) is 15.0. The number of nitrogens with zero attached hydrogens (tertiary/aromatic N) is 4. The first-order valence-electron chi connectivity index (χ1n) is 7.60. The topological polar surface area (TPSA) is 83.4 Å². The number of rotatable bonds is 3. The highest BCUT2D eigenvalue weighted by molar-refractivity contribution is 5.39. The molecule has 2 heterocycles. The lowest BCUT2D eigenvalue weighted by molar-refractivity contribution is -0.0614. The third-order valence-corrected chi connectivity index (χ3v) is 4.72. The molecule has 1 aromatic heterocycles. The molecule has 2 unspecified atom stereocenters. The lowest BCUT2D eigenvalue weighted by Gasteiger charge is -2.47. The van der Waals surface area contributed by atoms with Gasteiger partial charge in [-0.1, -0.05) is 12.8 Å². The number of fused-ring (bicyclic) bond motifs is 1. The molecule has 2 fully saturated rings. The van der Waals surface area contributed by atoms with Gasteiger partial charge in [0.1, 0.15) is 0 Å². The zero-order chi connectivity index (χ0) is 14.9. The maximum absolute atomic E-state index is 10.7. The van der Waals surface area contributed by atoms with Gasteiger partial charge in [-0.15, -0.1) is 0 Å². The van der Waals surface area contributed by atoms with Crippen LogP contribution in [0.3, 0.4) is 0 Å². The molecule has 1 saturated heterocycles. The van der Waals surface area contributed by atoms with Crippen LogP contribution < -0.4 is 15.0 Å². The van der Waals surface area contributed by atoms with Gasteiger partial charge < -0.3 is 20.1 Å². The average molecular weight is 293 g/mol. The third kappa shape index (κ3) is 2.74. The van der Waals surface area contributed by atoms with E-state index >= 15 is 0 Å². The van der Waals surface area contributed by atoms with Crippen LogP contribution in [0.4, 0.5) is 11.9 Å². The van der Waals surface area contributed by atoms with Crippen molar-refractivity contribution in [2.75, 3.05) is 37.5 Å². The molecule has 7 nitrogen and oxygen atoms in total. The van der Waals surface area contributed by atoms with E-state index in [-0.39, 0.29) is 0 Å². The predicted octanol–water partition coefficient (Wildman–Crippen LogP) is 1.05. The van der Waals surface area contributed by atoms with Crippen molar-refractivity contribution in [3.8, 4) is 6.01 Å². The van der Waals surface area contributed by atoms with Crippen LogP contribution in [0.2, 0.25) is 0 Å². The van der Waals surface area contributed by atoms with E-state index in [1.165, 1.54) is 6.42 Å². The number of aromatic nitrogens is 3. The van der Waals surface area contributed by atoms with E-state index < -0.39 is 5.60 Å². The van der Waals surface area contributed by atoms with Crippen molar-refractivity contribution >= 4 is 11.9 Å². The summed E-state index contributed by atoms with van der Waals surface area (Å²) in [5.74, 6) is 1.43. The SMILES string of the molecule is CNc1nc(OC)nc(N2CCC3(O)CCCCC3C2)n1. The highest BCUT2D eigenvalue weighted by Crippen LogP contribution is 2.40. The van der Waals surface area contributed by atoms with Crippen LogP contribution in [0.5, 0.6) is 6.01 Å². The molecule has 1 aromatic rings. The van der Waals surface area contributed by atoms with Crippen molar-refractivity contribution in [1.82, 2.24) is 15.0 Å². The number of piperidine rings is 1. The van der Waals surface area contributed by atoms with Crippen LogP contribution in [0.1, 0.15) is 32.1 Å². The Balaban J connectivity index is 1.81. The van der Waals surface area contributed by atoms with E-state index in [9.17, 15) is 5.11 Å². The van der Waals surface area contributed by atoms with Gasteiger partial charge in [0.05, 0.1) is 12.7 Å². The largest absolute Gasteiger partial charge is 0.467 e. The monoisotopic (exact) mass is 293 g/mol. The van der Waals surface area contributed by atoms with Crippen molar-refractivity contribution in [3.05, 3.63) is 0 Å². The van der Waals surface area contributed by atoms with E-state index in [4.69, 9.17) is 4.74 Å². The Bertz CT molecular complexity index is 490. The fourth-order valence-electron chi connectivity index (χ4n) is 3.44. The zero-order valence-electron chi connectivity index (χ0n) is 12.7. The van der Waals surface area contributed by atoms with E-state index in [1.54, 1.807) is 14.2 Å². The fourth-order valence-corrected chi connectivity index (χ4v) is 3.44. The molecule has 7 heteroatoms. The van der Waals surface area contributed by atoms with Crippen molar-refractivity contribution in [2.24, 2.45) is 5.92 Å². The van der Waals surface area contributed by atoms with Gasteiger partial charge in [-0.3, -0.25) is 0 Å². The molecule has 2 aliphatic rings. The summed E-state index contributed by atoms with van der Waals surface area (Å²) in [6.07, 6.45) is 5.11. The molecule has 116 valence electrons. The molecule has 1 saturated carbocycles. The lowest BCUT2D eigenvalue weighted by Crippen LogP contribution is -2.53. The van der Waals surface area contributed by atoms with Gasteiger partial charge >= 0.3 is 6.01 Å². The van der Waals surface area contributed by atoms with Gasteiger partial charge in [0.2, 0.25) is 11.9 Å². The van der Waals surface area contributed by atoms with Crippen LogP contribution in [0.15, 0.2) is 0 Å². The summed E-state index contributed by atoms with van der Waals surface area (Å²) < 4.78 is 5.14. The van der Waals surface area contributed by atoms with Crippen LogP contribution in [0, 0.1) is 5.92 Å². The van der Waals surface area contributed by atoms with Crippen molar-refractivity contribution in [3.63, 3.8) is 0 Å². The highest BCUT2D eigenvalue weighted by atomic mass is 16.5. The minimum Gasteiger partial charge on any atom is -0.467 e. The molecule has 1 aliphatic carbocycles. The Labute approximate surface area is 124 Å². The maximum Gasteiger partial charge on any atom is 0.322 e. The first-order chi connectivity index (χ1) is 10.1. The molecular weight excluding hydrogens is 270 g/mol. The molecule has 2 atom stereocenters. The first-order valence-corrected chi connectivity index (χ1v) is 7.60. The summed E-state index contributed by atoms with van der Waals surface area (Å²) in [7, 11) is 3.32. The Morgan fingerprint density at radius 3 is 2.90 bits per heavy atom. The molecule has 0 spiro atoms. The molecule has 0 radical (unpaired) electrons. The second kappa shape index (κ2) is 5.63. The summed E-state index contributed by atoms with van der Waals surface area (Å²) >= 11 is 0. The number of hydrogen-bond donors (Lipinski definition) is 2. The highest BCUT2D eigenvalue weighted by Gasteiger charge is 2.43. The van der Waals surface area contributed by atoms with Gasteiger partial charge in [-0.2, -0.15) is 15.0 Å². The predicted molar refractivity (Wildman–Crippen MR) is 79.7 cm³/mol. The number of ether oxygens (including phenoxy) is 1. The van der Waals surface area contributed by atoms with Crippen molar-refractivity contribution in [2.45, 2.75) is 37.7 Å². The van der Waals surface area contributed by atoms with E-state index in [0.29, 0.717) is 23.8 Å². The number of aliphatic hydroxyl groups is 1. The van der Waals surface area contributed by atoms with Crippen LogP contribution in [0.25, 0.3) is 0 Å². The molecule has 3 rings (SSSR count). The number of methoxy groups -OCH3 is 1. The lowest BCUT2D eigenvalue weighted by atomic mass is 9.71. The Hall–Kier alpha value is -1.63. The molecule has 21 heavy (non-hydrogen) atoms. The van der Waals surface area contributed by atoms with E-state index in [0.717, 1.165) is 38.8 Å². The van der Waals surface area contributed by atoms with Gasteiger partial charge in [-0.05, 0) is 19.3 Å². The average Bonchev–Trinajstić information content (AvgIpc) is 2.53. The molecular formula is C14H23N5O2. The van der Waals surface area contributed by atoms with Gasteiger partial charge in [0.15, 0.2) is 0 Å². The molecule has 2 N–H and O–H groups in total. The molecule has 0 aromatic carbocycles. The minimum absolute atomic E-state index is 0.306. The maximum atomic E-state index is 10.7. The Kier molecular flexibility index (Phi) is 3.84. The summed E-state index contributed by atoms with van der Waals surface area (Å²) in [5.41, 5.74) is -0.488. The first kappa shape index (κ1) is 14.3. The van der Waals surface area contributed by atoms with Crippen molar-refractivity contribution in [1.29, 1.82) is 0 Å². The number of hydrogen-bond acceptors (Lipinski definition) is 7. The second-order valence-corrected chi connectivity index (χ2v) is 5.94. The van der Waals surface area contributed by atoms with Gasteiger partial charge in [0.25, 0.3) is 0 Å². The fraction of sp³-hybridized carbons (Fsp3) is 0.786. The van der Waals surface area contributed by atoms with Crippen LogP contribution in [-0.4, -0.2) is 52.9 Å². The normalized spacial score (nSPS) is 28.9. The summed E-state index contributed by atoms with van der Waals surface area (Å²) in [5, 5.41) is 13.7.